The highest BCUT2D eigenvalue weighted by molar-refractivity contribution is 6.34. The van der Waals surface area contributed by atoms with Crippen LogP contribution in [0, 0.1) is 0 Å². The van der Waals surface area contributed by atoms with Crippen LogP contribution >= 0.6 is 23.2 Å². The van der Waals surface area contributed by atoms with Crippen LogP contribution in [0.25, 0.3) is 11.8 Å². The molecule has 3 N–H and O–H groups in total. The van der Waals surface area contributed by atoms with Crippen molar-refractivity contribution in [3.8, 4) is 5.69 Å². The van der Waals surface area contributed by atoms with E-state index in [1.54, 1.807) is 36.4 Å². The van der Waals surface area contributed by atoms with E-state index in [0.717, 1.165) is 5.56 Å². The predicted molar refractivity (Wildman–Crippen MR) is 156 cm³/mol. The van der Waals surface area contributed by atoms with Crippen LogP contribution < -0.4 is 16.0 Å². The molecule has 0 bridgehead atoms. The van der Waals surface area contributed by atoms with Gasteiger partial charge in [-0.1, -0.05) is 53.5 Å². The third-order valence-electron chi connectivity index (χ3n) is 5.86. The molecule has 0 unspecified atom stereocenters. The lowest BCUT2D eigenvalue weighted by atomic mass is 10.0. The summed E-state index contributed by atoms with van der Waals surface area (Å²) in [5, 5.41) is 19.9. The highest BCUT2D eigenvalue weighted by Gasteiger charge is 2.21. The fraction of sp³-hybridized carbons (Fsp3) is 0.143. The molecule has 41 heavy (non-hydrogen) atoms. The Bertz CT molecular complexity index is 1550. The summed E-state index contributed by atoms with van der Waals surface area (Å²) in [5.41, 5.74) is 2.92. The Hall–Kier alpha value is -4.74. The van der Waals surface area contributed by atoms with Gasteiger partial charge < -0.3 is 15.4 Å². The molecule has 0 aliphatic carbocycles. The average molecular weight is 594 g/mol. The van der Waals surface area contributed by atoms with Crippen LogP contribution in [0.1, 0.15) is 17.5 Å². The monoisotopic (exact) mass is 593 g/mol. The fourth-order valence-corrected chi connectivity index (χ4v) is 4.24. The number of nitrogens with zero attached hydrogens (tertiary/aromatic N) is 4. The minimum atomic E-state index is -0.894. The van der Waals surface area contributed by atoms with Gasteiger partial charge in [-0.05, 0) is 71.3 Å². The number of carbonyl (C=O) groups excluding carboxylic acids is 3. The number of hydrogen-bond donors (Lipinski definition) is 3. The molecule has 0 saturated heterocycles. The molecule has 0 saturated carbocycles. The molecule has 11 nitrogen and oxygen atoms in total. The number of amides is 3. The van der Waals surface area contributed by atoms with E-state index < -0.39 is 23.9 Å². The molecule has 13 heteroatoms. The van der Waals surface area contributed by atoms with Gasteiger partial charge in [0.2, 0.25) is 11.8 Å². The number of tetrazole rings is 1. The van der Waals surface area contributed by atoms with Crippen molar-refractivity contribution in [3.63, 3.8) is 0 Å². The first kappa shape index (κ1) is 29.2. The van der Waals surface area contributed by atoms with Gasteiger partial charge in [0, 0.05) is 22.3 Å². The Morgan fingerprint density at radius 1 is 1.02 bits per heavy atom. The Morgan fingerprint density at radius 3 is 2.54 bits per heavy atom. The van der Waals surface area contributed by atoms with E-state index in [9.17, 15) is 14.4 Å². The van der Waals surface area contributed by atoms with Crippen molar-refractivity contribution in [1.82, 2.24) is 25.5 Å². The predicted octanol–water partition coefficient (Wildman–Crippen LogP) is 4.92. The van der Waals surface area contributed by atoms with Crippen molar-refractivity contribution in [3.05, 3.63) is 100 Å². The highest BCUT2D eigenvalue weighted by atomic mass is 35.5. The van der Waals surface area contributed by atoms with Gasteiger partial charge in [0.05, 0.1) is 23.5 Å². The minimum Gasteiger partial charge on any atom is -0.453 e. The number of aryl methyl sites for hydroxylation is 1. The van der Waals surface area contributed by atoms with Gasteiger partial charge in [0.1, 0.15) is 12.4 Å². The lowest BCUT2D eigenvalue weighted by Gasteiger charge is -2.19. The number of methoxy groups -OCH3 is 1. The maximum atomic E-state index is 13.3. The highest BCUT2D eigenvalue weighted by Crippen LogP contribution is 2.26. The molecule has 4 aromatic rings. The van der Waals surface area contributed by atoms with Crippen LogP contribution in [0.4, 0.5) is 16.2 Å². The van der Waals surface area contributed by atoms with E-state index in [2.05, 4.69) is 36.2 Å². The third-order valence-corrected chi connectivity index (χ3v) is 6.40. The number of halogens is 2. The number of hydrogen-bond acceptors (Lipinski definition) is 7. The van der Waals surface area contributed by atoms with Gasteiger partial charge in [-0.25, -0.2) is 4.79 Å². The molecule has 1 atom stereocenters. The molecule has 0 aliphatic heterocycles. The zero-order valence-electron chi connectivity index (χ0n) is 21.8. The molecule has 3 amide bonds. The maximum absolute atomic E-state index is 13.3. The molecule has 3 aromatic carbocycles. The number of ether oxygens (including phenoxy) is 1. The summed E-state index contributed by atoms with van der Waals surface area (Å²) in [5.74, 6) is -0.958. The van der Waals surface area contributed by atoms with Gasteiger partial charge in [-0.3, -0.25) is 14.9 Å². The van der Waals surface area contributed by atoms with Crippen molar-refractivity contribution in [2.24, 2.45) is 0 Å². The van der Waals surface area contributed by atoms with Gasteiger partial charge in [0.15, 0.2) is 0 Å². The number of carbonyl (C=O) groups is 3. The number of benzene rings is 3. The van der Waals surface area contributed by atoms with Gasteiger partial charge in [-0.15, -0.1) is 5.10 Å². The fourth-order valence-electron chi connectivity index (χ4n) is 3.83. The summed E-state index contributed by atoms with van der Waals surface area (Å²) >= 11 is 12.5. The molecule has 0 radical (unpaired) electrons. The molecule has 1 heterocycles. The largest absolute Gasteiger partial charge is 0.453 e. The molecular formula is C28H25Cl2N7O4. The van der Waals surface area contributed by atoms with E-state index in [1.165, 1.54) is 30.3 Å². The van der Waals surface area contributed by atoms with Gasteiger partial charge in [0.25, 0.3) is 0 Å². The van der Waals surface area contributed by atoms with Gasteiger partial charge >= 0.3 is 6.09 Å². The zero-order chi connectivity index (χ0) is 29.2. The van der Waals surface area contributed by atoms with Crippen LogP contribution in [0.5, 0.6) is 0 Å². The Kier molecular flexibility index (Phi) is 10.0. The summed E-state index contributed by atoms with van der Waals surface area (Å²) in [4.78, 5) is 37.8. The van der Waals surface area contributed by atoms with E-state index in [-0.39, 0.29) is 5.02 Å². The molecule has 1 aromatic heterocycles. The average Bonchev–Trinajstić information content (AvgIpc) is 3.51. The second-order valence-corrected chi connectivity index (χ2v) is 9.52. The maximum Gasteiger partial charge on any atom is 0.411 e. The van der Waals surface area contributed by atoms with E-state index in [4.69, 9.17) is 23.2 Å². The van der Waals surface area contributed by atoms with Crippen molar-refractivity contribution in [2.45, 2.75) is 18.9 Å². The number of anilines is 2. The number of rotatable bonds is 10. The van der Waals surface area contributed by atoms with Crippen LogP contribution in [-0.4, -0.2) is 51.3 Å². The second kappa shape index (κ2) is 14.1. The lowest BCUT2D eigenvalue weighted by molar-refractivity contribution is -0.123. The quantitative estimate of drug-likeness (QED) is 0.222. The van der Waals surface area contributed by atoms with E-state index in [1.807, 2.05) is 30.3 Å². The lowest BCUT2D eigenvalue weighted by Crippen LogP contribution is -2.43. The van der Waals surface area contributed by atoms with E-state index in [0.29, 0.717) is 40.5 Å². The summed E-state index contributed by atoms with van der Waals surface area (Å²) in [6.45, 7) is 0. The molecule has 0 aliphatic rings. The van der Waals surface area contributed by atoms with Crippen molar-refractivity contribution >= 4 is 58.6 Å². The molecule has 0 spiro atoms. The first-order chi connectivity index (χ1) is 19.8. The molecule has 4 rings (SSSR count). The molecular weight excluding hydrogens is 569 g/mol. The van der Waals surface area contributed by atoms with Gasteiger partial charge in [-0.2, -0.15) is 4.68 Å². The number of aromatic nitrogens is 4. The minimum absolute atomic E-state index is 0.191. The Labute approximate surface area is 245 Å². The van der Waals surface area contributed by atoms with E-state index >= 15 is 0 Å². The molecule has 210 valence electrons. The normalized spacial score (nSPS) is 11.6. The first-order valence-electron chi connectivity index (χ1n) is 12.3. The summed E-state index contributed by atoms with van der Waals surface area (Å²) in [6.07, 6.45) is 4.50. The molecule has 0 fully saturated rings. The second-order valence-electron chi connectivity index (χ2n) is 8.68. The Morgan fingerprint density at radius 2 is 1.83 bits per heavy atom. The zero-order valence-corrected chi connectivity index (χ0v) is 23.3. The first-order valence-corrected chi connectivity index (χ1v) is 13.1. The topological polar surface area (TPSA) is 140 Å². The summed E-state index contributed by atoms with van der Waals surface area (Å²) < 4.78 is 6.02. The van der Waals surface area contributed by atoms with Crippen molar-refractivity contribution in [1.29, 1.82) is 0 Å². The van der Waals surface area contributed by atoms with Crippen LogP contribution in [0.3, 0.4) is 0 Å². The van der Waals surface area contributed by atoms with Crippen molar-refractivity contribution < 1.29 is 19.1 Å². The third kappa shape index (κ3) is 8.37. The van der Waals surface area contributed by atoms with Crippen molar-refractivity contribution in [2.75, 3.05) is 17.7 Å². The SMILES string of the molecule is COC(=O)Nc1ccc(NC(=O)[C@H](CCc2ccccc2)NC(=O)/C=C/c2cc(Cl)ccc2-n2cnnn2)c(Cl)c1. The summed E-state index contributed by atoms with van der Waals surface area (Å²) in [6, 6.07) is 18.4. The van der Waals surface area contributed by atoms with Crippen LogP contribution in [0.15, 0.2) is 79.1 Å². The smallest absolute Gasteiger partial charge is 0.411 e. The number of nitrogens with one attached hydrogen (secondary N) is 3. The summed E-state index contributed by atoms with van der Waals surface area (Å²) in [7, 11) is 1.24. The Balaban J connectivity index is 1.50. The standard InChI is InChI=1S/C28H25Cl2N7O4/c1-41-28(40)32-21-10-12-23(22(30)16-21)34-27(39)24(11-7-18-5-3-2-4-6-18)33-26(38)14-8-19-15-20(29)9-13-25(19)37-17-31-35-36-37/h2-6,8-10,12-17,24H,7,11H2,1H3,(H,32,40)(H,33,38)(H,34,39)/b14-8+/t24-/m0/s1. The van der Waals surface area contributed by atoms with Crippen LogP contribution in [-0.2, 0) is 20.7 Å². The van der Waals surface area contributed by atoms with Crippen LogP contribution in [0.2, 0.25) is 10.0 Å².